The molecule has 0 aliphatic carbocycles. The van der Waals surface area contributed by atoms with Crippen LogP contribution in [-0.4, -0.2) is 13.6 Å². The van der Waals surface area contributed by atoms with Crippen molar-refractivity contribution in [2.75, 3.05) is 13.6 Å². The van der Waals surface area contributed by atoms with Crippen LogP contribution in [0.5, 0.6) is 0 Å². The fourth-order valence-corrected chi connectivity index (χ4v) is 2.84. The van der Waals surface area contributed by atoms with E-state index >= 15 is 0 Å². The van der Waals surface area contributed by atoms with Crippen molar-refractivity contribution in [2.45, 2.75) is 12.3 Å². The molecule has 0 radical (unpaired) electrons. The summed E-state index contributed by atoms with van der Waals surface area (Å²) in [7, 11) is 1.88. The molecule has 0 saturated heterocycles. The summed E-state index contributed by atoms with van der Waals surface area (Å²) in [4.78, 5) is 0. The van der Waals surface area contributed by atoms with Crippen LogP contribution in [0.3, 0.4) is 0 Å². The van der Waals surface area contributed by atoms with E-state index in [1.807, 2.05) is 31.3 Å². The summed E-state index contributed by atoms with van der Waals surface area (Å²) in [6, 6.07) is 12.1. The zero-order valence-electron chi connectivity index (χ0n) is 11.2. The summed E-state index contributed by atoms with van der Waals surface area (Å²) >= 11 is 12.4. The van der Waals surface area contributed by atoms with E-state index in [0.717, 1.165) is 17.7 Å². The Morgan fingerprint density at radius 1 is 1.10 bits per heavy atom. The van der Waals surface area contributed by atoms with Gasteiger partial charge < -0.3 is 5.32 Å². The van der Waals surface area contributed by atoms with E-state index in [1.54, 1.807) is 12.1 Å². The van der Waals surface area contributed by atoms with Crippen LogP contribution in [0.2, 0.25) is 10.0 Å². The molecule has 1 unspecified atom stereocenters. The molecule has 2 aromatic rings. The van der Waals surface area contributed by atoms with Crippen molar-refractivity contribution >= 4 is 23.2 Å². The first-order chi connectivity index (χ1) is 9.61. The van der Waals surface area contributed by atoms with Crippen LogP contribution >= 0.6 is 23.2 Å². The van der Waals surface area contributed by atoms with Gasteiger partial charge in [-0.2, -0.15) is 0 Å². The lowest BCUT2D eigenvalue weighted by Gasteiger charge is -2.19. The molecule has 1 atom stereocenters. The van der Waals surface area contributed by atoms with Crippen molar-refractivity contribution in [1.82, 2.24) is 5.32 Å². The molecular weight excluding hydrogens is 296 g/mol. The van der Waals surface area contributed by atoms with E-state index in [-0.39, 0.29) is 11.7 Å². The summed E-state index contributed by atoms with van der Waals surface area (Å²) in [6.45, 7) is 0.727. The van der Waals surface area contributed by atoms with E-state index < -0.39 is 0 Å². The first kappa shape index (κ1) is 15.3. The maximum absolute atomic E-state index is 13.4. The Hall–Kier alpha value is -1.09. The van der Waals surface area contributed by atoms with Gasteiger partial charge in [-0.1, -0.05) is 41.4 Å². The molecule has 20 heavy (non-hydrogen) atoms. The monoisotopic (exact) mass is 311 g/mol. The molecule has 0 aromatic heterocycles. The Balaban J connectivity index is 2.30. The lowest BCUT2D eigenvalue weighted by molar-refractivity contribution is 0.601. The number of nitrogens with one attached hydrogen (secondary N) is 1. The predicted molar refractivity (Wildman–Crippen MR) is 83.2 cm³/mol. The second-order valence-corrected chi connectivity index (χ2v) is 5.53. The third kappa shape index (κ3) is 3.72. The van der Waals surface area contributed by atoms with E-state index in [2.05, 4.69) is 5.32 Å². The lowest BCUT2D eigenvalue weighted by atomic mass is 9.91. The third-order valence-corrected chi connectivity index (χ3v) is 3.99. The maximum Gasteiger partial charge on any atom is 0.123 e. The molecule has 0 saturated carbocycles. The zero-order chi connectivity index (χ0) is 14.5. The molecule has 106 valence electrons. The van der Waals surface area contributed by atoms with Gasteiger partial charge in [0.05, 0.1) is 0 Å². The van der Waals surface area contributed by atoms with Crippen LogP contribution in [0, 0.1) is 5.82 Å². The van der Waals surface area contributed by atoms with Crippen molar-refractivity contribution in [3.05, 3.63) is 69.5 Å². The highest BCUT2D eigenvalue weighted by Gasteiger charge is 2.16. The zero-order valence-corrected chi connectivity index (χ0v) is 12.7. The molecule has 0 fully saturated rings. The number of halogens is 3. The highest BCUT2D eigenvalue weighted by Crippen LogP contribution is 2.30. The Bertz CT molecular complexity index is 566. The Morgan fingerprint density at radius 2 is 1.75 bits per heavy atom. The summed E-state index contributed by atoms with van der Waals surface area (Å²) < 4.78 is 13.4. The van der Waals surface area contributed by atoms with E-state index in [0.29, 0.717) is 16.5 Å². The molecule has 1 N–H and O–H groups in total. The molecule has 0 aliphatic rings. The molecule has 2 rings (SSSR count). The van der Waals surface area contributed by atoms with Crippen molar-refractivity contribution in [3.8, 4) is 0 Å². The van der Waals surface area contributed by atoms with Gasteiger partial charge in [-0.3, -0.25) is 0 Å². The van der Waals surface area contributed by atoms with Gasteiger partial charge in [-0.15, -0.1) is 0 Å². The molecule has 2 aromatic carbocycles. The van der Waals surface area contributed by atoms with Crippen molar-refractivity contribution in [1.29, 1.82) is 0 Å². The highest BCUT2D eigenvalue weighted by atomic mass is 35.5. The summed E-state index contributed by atoms with van der Waals surface area (Å²) in [5, 5.41) is 4.43. The van der Waals surface area contributed by atoms with Gasteiger partial charge in [0.25, 0.3) is 0 Å². The summed E-state index contributed by atoms with van der Waals surface area (Å²) in [5.41, 5.74) is 1.84. The second-order valence-electron chi connectivity index (χ2n) is 4.71. The van der Waals surface area contributed by atoms with Crippen LogP contribution in [-0.2, 0) is 6.42 Å². The van der Waals surface area contributed by atoms with Gasteiger partial charge in [0.15, 0.2) is 0 Å². The number of hydrogen-bond acceptors (Lipinski definition) is 1. The van der Waals surface area contributed by atoms with Crippen molar-refractivity contribution in [3.63, 3.8) is 0 Å². The van der Waals surface area contributed by atoms with Gasteiger partial charge in [0.1, 0.15) is 5.82 Å². The average molecular weight is 312 g/mol. The summed E-state index contributed by atoms with van der Waals surface area (Å²) in [5.74, 6) is -0.109. The summed E-state index contributed by atoms with van der Waals surface area (Å²) in [6.07, 6.45) is 0.669. The fourth-order valence-electron chi connectivity index (χ4n) is 2.29. The molecule has 0 aliphatic heterocycles. The molecule has 4 heteroatoms. The smallest absolute Gasteiger partial charge is 0.123 e. The van der Waals surface area contributed by atoms with Gasteiger partial charge in [0, 0.05) is 22.5 Å². The number of benzene rings is 2. The standard InChI is InChI=1S/C16H16Cl2FN/c1-20-10-12(11-4-2-5-13(19)8-11)9-14-15(17)6-3-7-16(14)18/h2-8,12,20H,9-10H2,1H3. The number of rotatable bonds is 5. The minimum absolute atomic E-state index is 0.119. The van der Waals surface area contributed by atoms with Crippen molar-refractivity contribution in [2.24, 2.45) is 0 Å². The molecule has 0 heterocycles. The second kappa shape index (κ2) is 7.07. The van der Waals surface area contributed by atoms with E-state index in [9.17, 15) is 4.39 Å². The van der Waals surface area contributed by atoms with Crippen molar-refractivity contribution < 1.29 is 4.39 Å². The Kier molecular flexibility index (Phi) is 5.41. The molecule has 0 amide bonds. The van der Waals surface area contributed by atoms with Crippen LogP contribution in [0.4, 0.5) is 4.39 Å². The van der Waals surface area contributed by atoms with Crippen LogP contribution in [0.25, 0.3) is 0 Å². The molecule has 0 bridgehead atoms. The van der Waals surface area contributed by atoms with Crippen LogP contribution in [0.1, 0.15) is 17.0 Å². The average Bonchev–Trinajstić information content (AvgIpc) is 2.42. The van der Waals surface area contributed by atoms with Gasteiger partial charge >= 0.3 is 0 Å². The van der Waals surface area contributed by atoms with Gasteiger partial charge in [-0.05, 0) is 48.9 Å². The minimum Gasteiger partial charge on any atom is -0.319 e. The van der Waals surface area contributed by atoms with Crippen LogP contribution < -0.4 is 5.32 Å². The highest BCUT2D eigenvalue weighted by molar-refractivity contribution is 6.36. The van der Waals surface area contributed by atoms with E-state index in [1.165, 1.54) is 6.07 Å². The SMILES string of the molecule is CNCC(Cc1c(Cl)cccc1Cl)c1cccc(F)c1. The van der Waals surface area contributed by atoms with Crippen LogP contribution in [0.15, 0.2) is 42.5 Å². The predicted octanol–water partition coefficient (Wildman–Crippen LogP) is 4.68. The lowest BCUT2D eigenvalue weighted by Crippen LogP contribution is -2.19. The van der Waals surface area contributed by atoms with Gasteiger partial charge in [-0.25, -0.2) is 4.39 Å². The molecule has 0 spiro atoms. The Morgan fingerprint density at radius 3 is 2.35 bits per heavy atom. The maximum atomic E-state index is 13.4. The Labute approximate surface area is 128 Å². The topological polar surface area (TPSA) is 12.0 Å². The molecule has 1 nitrogen and oxygen atoms in total. The number of likely N-dealkylation sites (N-methyl/N-ethyl adjacent to an activating group) is 1. The third-order valence-electron chi connectivity index (χ3n) is 3.28. The first-order valence-electron chi connectivity index (χ1n) is 6.44. The van der Waals surface area contributed by atoms with Gasteiger partial charge in [0.2, 0.25) is 0 Å². The fraction of sp³-hybridized carbons (Fsp3) is 0.250. The minimum atomic E-state index is -0.228. The first-order valence-corrected chi connectivity index (χ1v) is 7.20. The largest absolute Gasteiger partial charge is 0.319 e. The van der Waals surface area contributed by atoms with E-state index in [4.69, 9.17) is 23.2 Å². The number of hydrogen-bond donors (Lipinski definition) is 1. The molecular formula is C16H16Cl2FN. The quantitative estimate of drug-likeness (QED) is 0.845. The normalized spacial score (nSPS) is 12.4.